The number of nitrogens with one attached hydrogen (secondary N) is 1. The first-order chi connectivity index (χ1) is 13.3. The first-order valence-corrected chi connectivity index (χ1v) is 9.34. The van der Waals surface area contributed by atoms with Gasteiger partial charge in [-0.2, -0.15) is 0 Å². The van der Waals surface area contributed by atoms with Crippen molar-refractivity contribution >= 4 is 29.2 Å². The summed E-state index contributed by atoms with van der Waals surface area (Å²) in [4.78, 5) is 23.8. The molecule has 2 atom stereocenters. The third-order valence-corrected chi connectivity index (χ3v) is 4.92. The Morgan fingerprint density at radius 2 is 2.04 bits per heavy atom. The number of rotatable bonds is 5. The number of carboxylic acid groups (broad SMARTS) is 1. The zero-order chi connectivity index (χ0) is 20.4. The number of carbonyl (C=O) groups is 2. The normalized spacial score (nSPS) is 19.0. The van der Waals surface area contributed by atoms with E-state index in [9.17, 15) is 14.7 Å². The molecule has 28 heavy (non-hydrogen) atoms. The number of fused-ring (bicyclic) bond motifs is 1. The molecule has 6 nitrogen and oxygen atoms in total. The predicted octanol–water partition coefficient (Wildman–Crippen LogP) is 4.37. The molecule has 0 aliphatic carbocycles. The monoisotopic (exact) mass is 403 g/mol. The summed E-state index contributed by atoms with van der Waals surface area (Å²) in [6, 6.07) is 10.7. The number of benzene rings is 2. The van der Waals surface area contributed by atoms with Gasteiger partial charge in [0.25, 0.3) is 5.91 Å². The Labute approximate surface area is 168 Å². The van der Waals surface area contributed by atoms with Crippen LogP contribution in [0.1, 0.15) is 49.0 Å². The summed E-state index contributed by atoms with van der Waals surface area (Å²) >= 11 is 6.21. The fourth-order valence-corrected chi connectivity index (χ4v) is 3.68. The topological polar surface area (TPSA) is 84.9 Å². The Morgan fingerprint density at radius 1 is 1.29 bits per heavy atom. The second-order valence-corrected chi connectivity index (χ2v) is 7.38. The fraction of sp³-hybridized carbons (Fsp3) is 0.333. The maximum absolute atomic E-state index is 12.6. The molecule has 1 aliphatic heterocycles. The van der Waals surface area contributed by atoms with Crippen LogP contribution in [0, 0.1) is 0 Å². The van der Waals surface area contributed by atoms with E-state index in [1.54, 1.807) is 25.3 Å². The molecule has 0 saturated heterocycles. The number of carbonyl (C=O) groups excluding carboxylic acids is 1. The van der Waals surface area contributed by atoms with E-state index in [1.807, 2.05) is 32.0 Å². The number of hydrogen-bond donors (Lipinski definition) is 2. The third-order valence-electron chi connectivity index (χ3n) is 4.69. The number of halogens is 1. The van der Waals surface area contributed by atoms with E-state index in [0.717, 1.165) is 11.1 Å². The number of amides is 1. The summed E-state index contributed by atoms with van der Waals surface area (Å²) in [7, 11) is 1.60. The molecule has 0 saturated carbocycles. The predicted molar refractivity (Wildman–Crippen MR) is 106 cm³/mol. The van der Waals surface area contributed by atoms with Crippen LogP contribution in [0.15, 0.2) is 36.4 Å². The minimum Gasteiger partial charge on any atom is -0.496 e. The van der Waals surface area contributed by atoms with Crippen molar-refractivity contribution in [2.45, 2.75) is 38.4 Å². The lowest BCUT2D eigenvalue weighted by Crippen LogP contribution is -2.31. The number of anilines is 1. The van der Waals surface area contributed by atoms with Crippen LogP contribution in [0.25, 0.3) is 0 Å². The zero-order valence-corrected chi connectivity index (χ0v) is 16.6. The molecule has 0 bridgehead atoms. The van der Waals surface area contributed by atoms with E-state index >= 15 is 0 Å². The summed E-state index contributed by atoms with van der Waals surface area (Å²) in [5.74, 6) is -0.791. The van der Waals surface area contributed by atoms with Gasteiger partial charge >= 0.3 is 5.97 Å². The van der Waals surface area contributed by atoms with E-state index in [2.05, 4.69) is 5.32 Å². The first kappa shape index (κ1) is 20.2. The zero-order valence-electron chi connectivity index (χ0n) is 15.9. The van der Waals surface area contributed by atoms with E-state index in [-0.39, 0.29) is 5.92 Å². The minimum absolute atomic E-state index is 0.113. The highest BCUT2D eigenvalue weighted by Gasteiger charge is 2.35. The van der Waals surface area contributed by atoms with Gasteiger partial charge in [-0.05, 0) is 35.7 Å². The Bertz CT molecular complexity index is 912. The van der Waals surface area contributed by atoms with Crippen LogP contribution in [0.4, 0.5) is 5.69 Å². The van der Waals surface area contributed by atoms with Crippen molar-refractivity contribution in [3.05, 3.63) is 58.1 Å². The Hall–Kier alpha value is -2.57. The van der Waals surface area contributed by atoms with E-state index < -0.39 is 30.5 Å². The number of carboxylic acids is 1. The summed E-state index contributed by atoms with van der Waals surface area (Å²) in [6.45, 7) is 4.07. The molecule has 7 heteroatoms. The van der Waals surface area contributed by atoms with Gasteiger partial charge in [-0.15, -0.1) is 0 Å². The first-order valence-electron chi connectivity index (χ1n) is 8.96. The summed E-state index contributed by atoms with van der Waals surface area (Å²) in [5, 5.41) is 12.5. The molecule has 1 aliphatic rings. The standard InChI is InChI=1S/C21H22ClNO5/c1-11(2)19-13(5-4-6-16(19)27-3)20-14-9-12(22)7-8-15(14)23-21(26)17(28-20)10-18(24)25/h4-9,11,17,20H,10H2,1-3H3,(H,23,26)(H,24,25)/t17-,20-/m1/s1. The number of ether oxygens (including phenoxy) is 2. The van der Waals surface area contributed by atoms with Crippen LogP contribution in [-0.4, -0.2) is 30.2 Å². The van der Waals surface area contributed by atoms with Crippen LogP contribution in [0.5, 0.6) is 5.75 Å². The SMILES string of the molecule is COc1cccc([C@H]2O[C@H](CC(=O)O)C(=O)Nc3ccc(Cl)cc32)c1C(C)C. The maximum atomic E-state index is 12.6. The molecule has 2 aromatic carbocycles. The molecular weight excluding hydrogens is 382 g/mol. The fourth-order valence-electron chi connectivity index (χ4n) is 3.50. The number of hydrogen-bond acceptors (Lipinski definition) is 4. The van der Waals surface area contributed by atoms with E-state index in [4.69, 9.17) is 21.1 Å². The van der Waals surface area contributed by atoms with Gasteiger partial charge in [0.15, 0.2) is 0 Å². The molecule has 148 valence electrons. The van der Waals surface area contributed by atoms with Gasteiger partial charge < -0.3 is 19.9 Å². The van der Waals surface area contributed by atoms with Crippen molar-refractivity contribution in [2.75, 3.05) is 12.4 Å². The lowest BCUT2D eigenvalue weighted by molar-refractivity contribution is -0.146. The molecule has 2 N–H and O–H groups in total. The highest BCUT2D eigenvalue weighted by atomic mass is 35.5. The highest BCUT2D eigenvalue weighted by Crippen LogP contribution is 2.42. The van der Waals surface area contributed by atoms with Crippen LogP contribution >= 0.6 is 11.6 Å². The highest BCUT2D eigenvalue weighted by molar-refractivity contribution is 6.30. The molecule has 1 heterocycles. The Balaban J connectivity index is 2.21. The summed E-state index contributed by atoms with van der Waals surface area (Å²) < 4.78 is 11.6. The lowest BCUT2D eigenvalue weighted by Gasteiger charge is -2.26. The third kappa shape index (κ3) is 3.98. The van der Waals surface area contributed by atoms with Crippen LogP contribution in [0.3, 0.4) is 0 Å². The van der Waals surface area contributed by atoms with E-state index in [0.29, 0.717) is 22.0 Å². The van der Waals surface area contributed by atoms with Gasteiger partial charge in [0.1, 0.15) is 18.0 Å². The molecule has 0 fully saturated rings. The van der Waals surface area contributed by atoms with Gasteiger partial charge in [0.05, 0.1) is 13.5 Å². The van der Waals surface area contributed by atoms with Gasteiger partial charge in [-0.25, -0.2) is 0 Å². The van der Waals surface area contributed by atoms with Crippen molar-refractivity contribution in [1.29, 1.82) is 0 Å². The quantitative estimate of drug-likeness (QED) is 0.774. The van der Waals surface area contributed by atoms with Crippen molar-refractivity contribution in [3.63, 3.8) is 0 Å². The second kappa shape index (κ2) is 8.20. The molecule has 1 amide bonds. The molecule has 3 rings (SSSR count). The van der Waals surface area contributed by atoms with Crippen molar-refractivity contribution in [3.8, 4) is 5.75 Å². The van der Waals surface area contributed by atoms with Gasteiger partial charge in [0.2, 0.25) is 0 Å². The summed E-state index contributed by atoms with van der Waals surface area (Å²) in [5.41, 5.74) is 2.96. The van der Waals surface area contributed by atoms with Crippen molar-refractivity contribution in [2.24, 2.45) is 0 Å². The Kier molecular flexibility index (Phi) is 5.91. The lowest BCUT2D eigenvalue weighted by atomic mass is 9.89. The van der Waals surface area contributed by atoms with Gasteiger partial charge in [0, 0.05) is 21.8 Å². The summed E-state index contributed by atoms with van der Waals surface area (Å²) in [6.07, 6.45) is -2.25. The van der Waals surface area contributed by atoms with Gasteiger partial charge in [-0.1, -0.05) is 37.6 Å². The molecule has 0 radical (unpaired) electrons. The smallest absolute Gasteiger partial charge is 0.306 e. The molecule has 0 aromatic heterocycles. The van der Waals surface area contributed by atoms with Crippen molar-refractivity contribution in [1.82, 2.24) is 0 Å². The van der Waals surface area contributed by atoms with Gasteiger partial charge in [-0.3, -0.25) is 9.59 Å². The molecular formula is C21H22ClNO5. The molecule has 0 unspecified atom stereocenters. The average molecular weight is 404 g/mol. The second-order valence-electron chi connectivity index (χ2n) is 6.94. The molecule has 2 aromatic rings. The number of methoxy groups -OCH3 is 1. The van der Waals surface area contributed by atoms with Crippen LogP contribution in [-0.2, 0) is 14.3 Å². The average Bonchev–Trinajstić information content (AvgIpc) is 2.77. The van der Waals surface area contributed by atoms with E-state index in [1.165, 1.54) is 0 Å². The van der Waals surface area contributed by atoms with Crippen LogP contribution in [0.2, 0.25) is 5.02 Å². The molecule has 0 spiro atoms. The largest absolute Gasteiger partial charge is 0.496 e. The number of aliphatic carboxylic acids is 1. The minimum atomic E-state index is -1.14. The maximum Gasteiger partial charge on any atom is 0.306 e. The Morgan fingerprint density at radius 3 is 2.68 bits per heavy atom. The van der Waals surface area contributed by atoms with Crippen molar-refractivity contribution < 1.29 is 24.2 Å². The van der Waals surface area contributed by atoms with Crippen LogP contribution < -0.4 is 10.1 Å².